The zero-order valence-electron chi connectivity index (χ0n) is 18.9. The van der Waals surface area contributed by atoms with Crippen molar-refractivity contribution in [1.29, 1.82) is 0 Å². The number of hydrogen-bond acceptors (Lipinski definition) is 8. The molecule has 0 aliphatic heterocycles. The highest BCUT2D eigenvalue weighted by Crippen LogP contribution is 2.44. The van der Waals surface area contributed by atoms with Gasteiger partial charge in [0.15, 0.2) is 29.8 Å². The van der Waals surface area contributed by atoms with E-state index in [2.05, 4.69) is 0 Å². The highest BCUT2D eigenvalue weighted by molar-refractivity contribution is 5.85. The van der Waals surface area contributed by atoms with Crippen LogP contribution in [0, 0.1) is 0 Å². The molecule has 1 aromatic heterocycles. The van der Waals surface area contributed by atoms with Crippen LogP contribution in [-0.4, -0.2) is 55.6 Å². The Hall–Kier alpha value is -3.36. The van der Waals surface area contributed by atoms with Crippen molar-refractivity contribution in [2.45, 2.75) is 0 Å². The molecule has 8 heteroatoms. The van der Waals surface area contributed by atoms with Gasteiger partial charge in [-0.3, -0.25) is 0 Å². The van der Waals surface area contributed by atoms with Crippen molar-refractivity contribution >= 4 is 0 Å². The quantitative estimate of drug-likeness (QED) is 0.295. The van der Waals surface area contributed by atoms with Crippen molar-refractivity contribution in [2.75, 3.05) is 55.6 Å². The minimum absolute atomic E-state index is 0.0777. The van der Waals surface area contributed by atoms with Gasteiger partial charge in [-0.15, -0.1) is 0 Å². The molecular formula is C24H28O8. The molecule has 0 amide bonds. The van der Waals surface area contributed by atoms with Crippen LogP contribution in [0.2, 0.25) is 0 Å². The third-order valence-electron chi connectivity index (χ3n) is 4.84. The van der Waals surface area contributed by atoms with Gasteiger partial charge < -0.3 is 37.6 Å². The van der Waals surface area contributed by atoms with E-state index in [1.165, 1.54) is 0 Å². The van der Waals surface area contributed by atoms with Crippen LogP contribution in [-0.2, 0) is 9.47 Å². The minimum atomic E-state index is 0.0777. The Morgan fingerprint density at radius 2 is 1.28 bits per heavy atom. The molecule has 0 aliphatic rings. The predicted octanol–water partition coefficient (Wildman–Crippen LogP) is 4.65. The van der Waals surface area contributed by atoms with Crippen LogP contribution >= 0.6 is 0 Å². The molecule has 0 saturated heterocycles. The van der Waals surface area contributed by atoms with Crippen LogP contribution < -0.4 is 23.7 Å². The summed E-state index contributed by atoms with van der Waals surface area (Å²) in [4.78, 5) is 0. The van der Waals surface area contributed by atoms with E-state index in [0.29, 0.717) is 42.0 Å². The molecular weight excluding hydrogens is 416 g/mol. The van der Waals surface area contributed by atoms with Crippen molar-refractivity contribution in [2.24, 2.45) is 0 Å². The van der Waals surface area contributed by atoms with E-state index in [1.807, 2.05) is 30.3 Å². The van der Waals surface area contributed by atoms with Crippen molar-refractivity contribution in [3.63, 3.8) is 0 Å². The Morgan fingerprint density at radius 3 is 1.88 bits per heavy atom. The Balaban J connectivity index is 1.95. The van der Waals surface area contributed by atoms with Crippen molar-refractivity contribution in [3.8, 4) is 51.0 Å². The van der Waals surface area contributed by atoms with Gasteiger partial charge in [-0.2, -0.15) is 0 Å². The molecule has 0 spiro atoms. The Bertz CT molecular complexity index is 986. The molecule has 0 radical (unpaired) electrons. The Labute approximate surface area is 187 Å². The summed E-state index contributed by atoms with van der Waals surface area (Å²) in [7, 11) is 7.94. The topological polar surface area (TPSA) is 77.8 Å². The third kappa shape index (κ3) is 5.09. The molecule has 2 aromatic carbocycles. The lowest BCUT2D eigenvalue weighted by Crippen LogP contribution is -2.08. The van der Waals surface area contributed by atoms with Gasteiger partial charge in [-0.25, -0.2) is 0 Å². The van der Waals surface area contributed by atoms with Gasteiger partial charge in [0, 0.05) is 18.2 Å². The largest absolute Gasteiger partial charge is 0.493 e. The lowest BCUT2D eigenvalue weighted by atomic mass is 9.98. The van der Waals surface area contributed by atoms with Crippen LogP contribution in [0.3, 0.4) is 0 Å². The van der Waals surface area contributed by atoms with E-state index in [9.17, 15) is 0 Å². The highest BCUT2D eigenvalue weighted by Gasteiger charge is 2.18. The fourth-order valence-corrected chi connectivity index (χ4v) is 3.24. The van der Waals surface area contributed by atoms with E-state index >= 15 is 0 Å². The first-order valence-electron chi connectivity index (χ1n) is 9.91. The molecule has 32 heavy (non-hydrogen) atoms. The molecule has 0 bridgehead atoms. The minimum Gasteiger partial charge on any atom is -0.493 e. The van der Waals surface area contributed by atoms with Gasteiger partial charge in [0.25, 0.3) is 0 Å². The van der Waals surface area contributed by atoms with Gasteiger partial charge in [-0.05, 0) is 35.4 Å². The normalized spacial score (nSPS) is 10.7. The second kappa shape index (κ2) is 11.3. The maximum atomic E-state index is 5.77. The molecule has 3 rings (SSSR count). The molecule has 3 aromatic rings. The molecule has 0 N–H and O–H groups in total. The van der Waals surface area contributed by atoms with Gasteiger partial charge in [0.1, 0.15) is 0 Å². The molecule has 0 fully saturated rings. The second-order valence-electron chi connectivity index (χ2n) is 6.64. The summed E-state index contributed by atoms with van der Waals surface area (Å²) in [6.07, 6.45) is 3.35. The standard InChI is InChI=1S/C24H28O8/c1-25-8-9-30-15-32-21-10-16(6-7-20(21)26-2)18-13-31-14-19(18)17-11-22(27-3)24(29-5)23(12-17)28-4/h6-7,10-14H,8-9,15H2,1-5H3. The van der Waals surface area contributed by atoms with Crippen LogP contribution in [0.1, 0.15) is 0 Å². The summed E-state index contributed by atoms with van der Waals surface area (Å²) in [6, 6.07) is 9.40. The van der Waals surface area contributed by atoms with Gasteiger partial charge in [0.2, 0.25) is 5.75 Å². The monoisotopic (exact) mass is 444 g/mol. The number of benzene rings is 2. The van der Waals surface area contributed by atoms with E-state index < -0.39 is 0 Å². The lowest BCUT2D eigenvalue weighted by molar-refractivity contribution is -0.00942. The average Bonchev–Trinajstić information content (AvgIpc) is 3.32. The SMILES string of the molecule is COCCOCOc1cc(-c2cocc2-c2cc(OC)c(OC)c(OC)c2)ccc1OC. The molecule has 8 nitrogen and oxygen atoms in total. The molecule has 172 valence electrons. The van der Waals surface area contributed by atoms with Crippen LogP contribution in [0.4, 0.5) is 0 Å². The maximum absolute atomic E-state index is 5.77. The van der Waals surface area contributed by atoms with Crippen molar-refractivity contribution in [3.05, 3.63) is 42.9 Å². The molecule has 0 saturated carbocycles. The summed E-state index contributed by atoms with van der Waals surface area (Å²) < 4.78 is 43.5. The molecule has 1 heterocycles. The summed E-state index contributed by atoms with van der Waals surface area (Å²) in [5.41, 5.74) is 3.46. The maximum Gasteiger partial charge on any atom is 0.203 e. The Kier molecular flexibility index (Phi) is 8.24. The third-order valence-corrected chi connectivity index (χ3v) is 4.84. The summed E-state index contributed by atoms with van der Waals surface area (Å²) >= 11 is 0. The average molecular weight is 444 g/mol. The number of furan rings is 1. The highest BCUT2D eigenvalue weighted by atomic mass is 16.7. The zero-order valence-corrected chi connectivity index (χ0v) is 18.9. The fourth-order valence-electron chi connectivity index (χ4n) is 3.24. The van der Waals surface area contributed by atoms with Crippen molar-refractivity contribution < 1.29 is 37.6 Å². The predicted molar refractivity (Wildman–Crippen MR) is 119 cm³/mol. The van der Waals surface area contributed by atoms with E-state index in [-0.39, 0.29) is 6.79 Å². The molecule has 0 aliphatic carbocycles. The van der Waals surface area contributed by atoms with Gasteiger partial charge in [-0.1, -0.05) is 6.07 Å². The molecule has 0 atom stereocenters. The second-order valence-corrected chi connectivity index (χ2v) is 6.64. The first kappa shape index (κ1) is 23.3. The molecule has 0 unspecified atom stereocenters. The first-order chi connectivity index (χ1) is 15.7. The zero-order chi connectivity index (χ0) is 22.9. The lowest BCUT2D eigenvalue weighted by Gasteiger charge is -2.15. The summed E-state index contributed by atoms with van der Waals surface area (Å²) in [6.45, 7) is 1.01. The number of methoxy groups -OCH3 is 5. The first-order valence-corrected chi connectivity index (χ1v) is 9.91. The summed E-state index contributed by atoms with van der Waals surface area (Å²) in [5.74, 6) is 2.79. The fraction of sp³-hybridized carbons (Fsp3) is 0.333. The van der Waals surface area contributed by atoms with Crippen LogP contribution in [0.25, 0.3) is 22.3 Å². The van der Waals surface area contributed by atoms with E-state index in [4.69, 9.17) is 37.6 Å². The van der Waals surface area contributed by atoms with Crippen LogP contribution in [0.5, 0.6) is 28.7 Å². The van der Waals surface area contributed by atoms with Crippen molar-refractivity contribution in [1.82, 2.24) is 0 Å². The van der Waals surface area contributed by atoms with E-state index in [1.54, 1.807) is 48.1 Å². The number of ether oxygens (including phenoxy) is 7. The smallest absolute Gasteiger partial charge is 0.203 e. The number of rotatable bonds is 12. The van der Waals surface area contributed by atoms with Crippen LogP contribution in [0.15, 0.2) is 47.3 Å². The summed E-state index contributed by atoms with van der Waals surface area (Å²) in [5, 5.41) is 0. The van der Waals surface area contributed by atoms with Gasteiger partial charge in [0.05, 0.1) is 54.2 Å². The number of hydrogen-bond donors (Lipinski definition) is 0. The van der Waals surface area contributed by atoms with Gasteiger partial charge >= 0.3 is 0 Å². The van der Waals surface area contributed by atoms with E-state index in [0.717, 1.165) is 22.3 Å². The Morgan fingerprint density at radius 1 is 0.656 bits per heavy atom.